The molecule has 1 amide bonds. The van der Waals surface area contributed by atoms with Crippen LogP contribution in [0, 0.1) is 11.8 Å². The third-order valence-electron chi connectivity index (χ3n) is 3.77. The molecule has 0 aromatic carbocycles. The summed E-state index contributed by atoms with van der Waals surface area (Å²) in [5.41, 5.74) is 2.28. The minimum atomic E-state index is 0.286. The zero-order valence-electron chi connectivity index (χ0n) is 9.89. The van der Waals surface area contributed by atoms with Crippen LogP contribution < -0.4 is 0 Å². The first-order chi connectivity index (χ1) is 8.15. The van der Waals surface area contributed by atoms with Gasteiger partial charge in [-0.1, -0.05) is 13.0 Å². The van der Waals surface area contributed by atoms with Crippen molar-refractivity contribution in [1.29, 1.82) is 0 Å². The molecular weight excluding hydrogens is 232 g/mol. The molecule has 1 fully saturated rings. The molecule has 2 unspecified atom stereocenters. The lowest BCUT2D eigenvalue weighted by Crippen LogP contribution is -2.37. The second-order valence-corrected chi connectivity index (χ2v) is 5.56. The molecule has 3 rings (SSSR count). The Hall–Kier alpha value is -1.03. The van der Waals surface area contributed by atoms with Crippen LogP contribution in [0.5, 0.6) is 0 Å². The predicted octanol–water partition coefficient (Wildman–Crippen LogP) is 1.91. The van der Waals surface area contributed by atoms with E-state index < -0.39 is 0 Å². The summed E-state index contributed by atoms with van der Waals surface area (Å²) < 4.78 is 0. The normalized spacial score (nSPS) is 26.6. The fourth-order valence-electron chi connectivity index (χ4n) is 2.49. The van der Waals surface area contributed by atoms with Crippen LogP contribution >= 0.6 is 12.6 Å². The van der Waals surface area contributed by atoms with E-state index in [0.717, 1.165) is 36.7 Å². The van der Waals surface area contributed by atoms with Gasteiger partial charge in [0.15, 0.2) is 0 Å². The van der Waals surface area contributed by atoms with Crippen molar-refractivity contribution in [3.05, 3.63) is 23.4 Å². The van der Waals surface area contributed by atoms with Crippen LogP contribution in [-0.2, 0) is 17.8 Å². The van der Waals surface area contributed by atoms with Crippen molar-refractivity contribution < 1.29 is 4.79 Å². The lowest BCUT2D eigenvalue weighted by Gasteiger charge is -2.28. The quantitative estimate of drug-likeness (QED) is 0.770. The molecule has 0 N–H and O–H groups in total. The Morgan fingerprint density at radius 1 is 1.53 bits per heavy atom. The first-order valence-electron chi connectivity index (χ1n) is 6.11. The minimum absolute atomic E-state index is 0.286. The fraction of sp³-hybridized carbons (Fsp3) is 0.538. The molecule has 90 valence electrons. The third kappa shape index (κ3) is 2.06. The molecule has 17 heavy (non-hydrogen) atoms. The van der Waals surface area contributed by atoms with Crippen molar-refractivity contribution in [1.82, 2.24) is 9.88 Å². The summed E-state index contributed by atoms with van der Waals surface area (Å²) in [7, 11) is 0. The average molecular weight is 248 g/mol. The molecule has 0 radical (unpaired) electrons. The molecule has 4 heteroatoms. The van der Waals surface area contributed by atoms with E-state index in [2.05, 4.69) is 24.5 Å². The van der Waals surface area contributed by atoms with Crippen molar-refractivity contribution in [2.75, 3.05) is 6.54 Å². The van der Waals surface area contributed by atoms with Gasteiger partial charge in [0.2, 0.25) is 5.91 Å². The van der Waals surface area contributed by atoms with Gasteiger partial charge in [-0.25, -0.2) is 4.98 Å². The molecule has 1 aliphatic heterocycles. The van der Waals surface area contributed by atoms with Crippen molar-refractivity contribution in [3.63, 3.8) is 0 Å². The van der Waals surface area contributed by atoms with Crippen molar-refractivity contribution in [3.8, 4) is 0 Å². The van der Waals surface area contributed by atoms with Gasteiger partial charge in [0, 0.05) is 31.1 Å². The van der Waals surface area contributed by atoms with Crippen LogP contribution in [0.2, 0.25) is 0 Å². The molecule has 0 bridgehead atoms. The summed E-state index contributed by atoms with van der Waals surface area (Å²) in [6.07, 6.45) is 1.92. The molecule has 1 aromatic rings. The van der Waals surface area contributed by atoms with Crippen LogP contribution in [0.1, 0.15) is 24.6 Å². The van der Waals surface area contributed by atoms with Gasteiger partial charge in [-0.3, -0.25) is 4.79 Å². The Kier molecular flexibility index (Phi) is 2.62. The number of thiol groups is 1. The zero-order chi connectivity index (χ0) is 12.0. The number of fused-ring (bicyclic) bond motifs is 1. The number of rotatable bonds is 1. The average Bonchev–Trinajstić information content (AvgIpc) is 3.05. The van der Waals surface area contributed by atoms with Crippen LogP contribution in [0.3, 0.4) is 0 Å². The molecule has 2 aliphatic rings. The van der Waals surface area contributed by atoms with Gasteiger partial charge < -0.3 is 4.90 Å². The van der Waals surface area contributed by atoms with E-state index in [1.807, 2.05) is 17.0 Å². The Labute approximate surface area is 107 Å². The fourth-order valence-corrected chi connectivity index (χ4v) is 2.69. The lowest BCUT2D eigenvalue weighted by atomic mass is 10.1. The highest BCUT2D eigenvalue weighted by atomic mass is 32.1. The van der Waals surface area contributed by atoms with E-state index in [0.29, 0.717) is 11.8 Å². The topological polar surface area (TPSA) is 33.2 Å². The van der Waals surface area contributed by atoms with E-state index >= 15 is 0 Å². The maximum Gasteiger partial charge on any atom is 0.226 e. The smallest absolute Gasteiger partial charge is 0.226 e. The Balaban J connectivity index is 1.76. The summed E-state index contributed by atoms with van der Waals surface area (Å²) in [6.45, 7) is 3.67. The monoisotopic (exact) mass is 248 g/mol. The summed E-state index contributed by atoms with van der Waals surface area (Å²) in [5, 5.41) is 0.763. The van der Waals surface area contributed by atoms with Gasteiger partial charge in [-0.2, -0.15) is 0 Å². The lowest BCUT2D eigenvalue weighted by molar-refractivity contribution is -0.133. The minimum Gasteiger partial charge on any atom is -0.338 e. The Morgan fingerprint density at radius 2 is 2.29 bits per heavy atom. The van der Waals surface area contributed by atoms with Crippen molar-refractivity contribution in [2.45, 2.75) is 31.3 Å². The Morgan fingerprint density at radius 3 is 3.00 bits per heavy atom. The van der Waals surface area contributed by atoms with E-state index in [1.54, 1.807) is 0 Å². The maximum absolute atomic E-state index is 12.1. The maximum atomic E-state index is 12.1. The highest BCUT2D eigenvalue weighted by Gasteiger charge is 2.41. The van der Waals surface area contributed by atoms with Gasteiger partial charge in [-0.15, -0.1) is 12.6 Å². The molecule has 1 saturated carbocycles. The molecule has 1 aromatic heterocycles. The van der Waals surface area contributed by atoms with Crippen LogP contribution in [-0.4, -0.2) is 22.3 Å². The number of carbonyl (C=O) groups excluding carboxylic acids is 1. The second kappa shape index (κ2) is 4.02. The largest absolute Gasteiger partial charge is 0.338 e. The molecule has 2 atom stereocenters. The third-order valence-corrected chi connectivity index (χ3v) is 4.02. The molecule has 2 heterocycles. The van der Waals surface area contributed by atoms with Gasteiger partial charge in [-0.05, 0) is 24.0 Å². The molecule has 1 aliphatic carbocycles. The number of pyridine rings is 1. The second-order valence-electron chi connectivity index (χ2n) is 5.10. The van der Waals surface area contributed by atoms with Crippen molar-refractivity contribution in [2.24, 2.45) is 11.8 Å². The standard InChI is InChI=1S/C13H16N2OS/c1-8-6-10(8)13(16)15-5-4-11-9(7-15)2-3-12(17)14-11/h2-3,8,10H,4-7H2,1H3,(H,14,17). The van der Waals surface area contributed by atoms with E-state index in [4.69, 9.17) is 0 Å². The molecule has 3 nitrogen and oxygen atoms in total. The van der Waals surface area contributed by atoms with E-state index in [1.165, 1.54) is 5.56 Å². The van der Waals surface area contributed by atoms with Crippen LogP contribution in [0.15, 0.2) is 17.2 Å². The summed E-state index contributed by atoms with van der Waals surface area (Å²) in [5.74, 6) is 1.20. The first-order valence-corrected chi connectivity index (χ1v) is 6.56. The number of carbonyl (C=O) groups is 1. The van der Waals surface area contributed by atoms with E-state index in [9.17, 15) is 4.79 Å². The summed E-state index contributed by atoms with van der Waals surface area (Å²) in [6, 6.07) is 3.94. The highest BCUT2D eigenvalue weighted by Crippen LogP contribution is 2.39. The zero-order valence-corrected chi connectivity index (χ0v) is 10.8. The number of hydrogen-bond acceptors (Lipinski definition) is 3. The van der Waals surface area contributed by atoms with Gasteiger partial charge in [0.25, 0.3) is 0 Å². The van der Waals surface area contributed by atoms with Crippen LogP contribution in [0.25, 0.3) is 0 Å². The summed E-state index contributed by atoms with van der Waals surface area (Å²) >= 11 is 4.24. The van der Waals surface area contributed by atoms with Gasteiger partial charge in [0.05, 0.1) is 5.03 Å². The molecule has 0 spiro atoms. The first kappa shape index (κ1) is 11.1. The van der Waals surface area contributed by atoms with Crippen LogP contribution in [0.4, 0.5) is 0 Å². The number of hydrogen-bond donors (Lipinski definition) is 1. The van der Waals surface area contributed by atoms with Gasteiger partial charge >= 0.3 is 0 Å². The number of aromatic nitrogens is 1. The predicted molar refractivity (Wildman–Crippen MR) is 67.9 cm³/mol. The summed E-state index contributed by atoms with van der Waals surface area (Å²) in [4.78, 5) is 18.5. The Bertz CT molecular complexity index is 474. The molecular formula is C13H16N2OS. The molecule has 0 saturated heterocycles. The van der Waals surface area contributed by atoms with E-state index in [-0.39, 0.29) is 5.92 Å². The van der Waals surface area contributed by atoms with Gasteiger partial charge in [0.1, 0.15) is 0 Å². The highest BCUT2D eigenvalue weighted by molar-refractivity contribution is 7.80. The number of amides is 1. The SMILES string of the molecule is CC1CC1C(=O)N1CCc2nc(S)ccc2C1. The number of nitrogens with zero attached hydrogens (tertiary/aromatic N) is 2. The van der Waals surface area contributed by atoms with Crippen molar-refractivity contribution >= 4 is 18.5 Å².